The van der Waals surface area contributed by atoms with E-state index in [2.05, 4.69) is 5.32 Å². The predicted molar refractivity (Wildman–Crippen MR) is 142 cm³/mol. The van der Waals surface area contributed by atoms with Crippen LogP contribution in [0, 0.1) is 6.92 Å². The van der Waals surface area contributed by atoms with E-state index in [0.29, 0.717) is 42.6 Å². The van der Waals surface area contributed by atoms with Gasteiger partial charge in [0.05, 0.1) is 18.9 Å². The first-order valence-electron chi connectivity index (χ1n) is 12.4. The fourth-order valence-electron chi connectivity index (χ4n) is 3.87. The largest absolute Gasteiger partial charge is 0.494 e. The molecule has 0 aliphatic carbocycles. The number of fused-ring (bicyclic) bond motifs is 1. The minimum Gasteiger partial charge on any atom is -0.494 e. The zero-order chi connectivity index (χ0) is 26.0. The molecule has 0 spiro atoms. The molecule has 0 unspecified atom stereocenters. The second-order valence-electron chi connectivity index (χ2n) is 8.63. The van der Waals surface area contributed by atoms with Crippen LogP contribution in [0.5, 0.6) is 23.0 Å². The monoisotopic (exact) mass is 504 g/mol. The molecule has 0 bridgehead atoms. The van der Waals surface area contributed by atoms with E-state index < -0.39 is 0 Å². The van der Waals surface area contributed by atoms with Gasteiger partial charge >= 0.3 is 0 Å². The number of rotatable bonds is 12. The summed E-state index contributed by atoms with van der Waals surface area (Å²) in [6.45, 7) is 5.48. The van der Waals surface area contributed by atoms with E-state index >= 15 is 0 Å². The number of unbranched alkanes of at least 4 members (excludes halogenated alkanes) is 1. The molecule has 1 N–H and O–H groups in total. The van der Waals surface area contributed by atoms with Crippen molar-refractivity contribution in [2.45, 2.75) is 26.7 Å². The van der Waals surface area contributed by atoms with Crippen molar-refractivity contribution in [2.75, 3.05) is 43.2 Å². The highest BCUT2D eigenvalue weighted by molar-refractivity contribution is 5.99. The molecular weight excluding hydrogens is 472 g/mol. The molecule has 194 valence electrons. The highest BCUT2D eigenvalue weighted by Crippen LogP contribution is 2.34. The number of amides is 2. The lowest BCUT2D eigenvalue weighted by molar-refractivity contribution is -0.121. The normalized spacial score (nSPS) is 12.4. The van der Waals surface area contributed by atoms with Crippen molar-refractivity contribution in [3.8, 4) is 23.0 Å². The number of aryl methyl sites for hydroxylation is 1. The van der Waals surface area contributed by atoms with Crippen LogP contribution in [0.3, 0.4) is 0 Å². The summed E-state index contributed by atoms with van der Waals surface area (Å²) in [4.78, 5) is 26.8. The Morgan fingerprint density at radius 3 is 2.32 bits per heavy atom. The van der Waals surface area contributed by atoms with Gasteiger partial charge in [0.1, 0.15) is 23.0 Å². The molecule has 8 nitrogen and oxygen atoms in total. The molecule has 0 atom stereocenters. The Hall–Kier alpha value is -4.20. The number of anilines is 2. The topological polar surface area (TPSA) is 86.3 Å². The SMILES string of the molecule is CCOc1ccc(OCC(=O)Nc2ccc3c(c2)N(CCCCOc2ccc(C)cc2)C(=O)CO3)cc1. The summed E-state index contributed by atoms with van der Waals surface area (Å²) in [5.41, 5.74) is 2.39. The van der Waals surface area contributed by atoms with Gasteiger partial charge in [0.15, 0.2) is 13.2 Å². The zero-order valence-corrected chi connectivity index (χ0v) is 21.2. The molecular formula is C29H32N2O6. The number of hydrogen-bond donors (Lipinski definition) is 1. The molecule has 0 aromatic heterocycles. The lowest BCUT2D eigenvalue weighted by Gasteiger charge is -2.30. The average Bonchev–Trinajstić information content (AvgIpc) is 2.90. The van der Waals surface area contributed by atoms with Crippen molar-refractivity contribution in [3.05, 3.63) is 72.3 Å². The van der Waals surface area contributed by atoms with Gasteiger partial charge in [0.25, 0.3) is 11.8 Å². The van der Waals surface area contributed by atoms with Crippen molar-refractivity contribution >= 4 is 23.2 Å². The van der Waals surface area contributed by atoms with Gasteiger partial charge in [0, 0.05) is 12.2 Å². The standard InChI is InChI=1S/C29H32N2O6/c1-3-34-23-11-13-25(14-12-23)36-19-28(32)30-22-8-15-27-26(18-22)31(29(33)20-37-27)16-4-5-17-35-24-9-6-21(2)7-10-24/h6-15,18H,3-5,16-17,19-20H2,1-2H3,(H,30,32). The van der Waals surface area contributed by atoms with Crippen molar-refractivity contribution in [3.63, 3.8) is 0 Å². The highest BCUT2D eigenvalue weighted by atomic mass is 16.5. The highest BCUT2D eigenvalue weighted by Gasteiger charge is 2.25. The third kappa shape index (κ3) is 7.39. The summed E-state index contributed by atoms with van der Waals surface area (Å²) < 4.78 is 22.4. The maximum absolute atomic E-state index is 12.6. The van der Waals surface area contributed by atoms with Gasteiger partial charge in [-0.1, -0.05) is 17.7 Å². The smallest absolute Gasteiger partial charge is 0.265 e. The number of nitrogens with one attached hydrogen (secondary N) is 1. The van der Waals surface area contributed by atoms with Crippen molar-refractivity contribution in [1.29, 1.82) is 0 Å². The average molecular weight is 505 g/mol. The summed E-state index contributed by atoms with van der Waals surface area (Å²) in [6.07, 6.45) is 1.57. The lowest BCUT2D eigenvalue weighted by atomic mass is 10.2. The van der Waals surface area contributed by atoms with E-state index in [1.165, 1.54) is 5.56 Å². The zero-order valence-electron chi connectivity index (χ0n) is 21.2. The maximum atomic E-state index is 12.6. The molecule has 0 radical (unpaired) electrons. The van der Waals surface area contributed by atoms with Crippen molar-refractivity contribution in [1.82, 2.24) is 0 Å². The number of benzene rings is 3. The Labute approximate surface area is 217 Å². The van der Waals surface area contributed by atoms with Crippen LogP contribution in [0.1, 0.15) is 25.3 Å². The van der Waals surface area contributed by atoms with Crippen LogP contribution in [0.25, 0.3) is 0 Å². The number of ether oxygens (including phenoxy) is 4. The first-order chi connectivity index (χ1) is 18.0. The van der Waals surface area contributed by atoms with Crippen LogP contribution in [0.4, 0.5) is 11.4 Å². The quantitative estimate of drug-likeness (QED) is 0.350. The van der Waals surface area contributed by atoms with Crippen molar-refractivity contribution < 1.29 is 28.5 Å². The van der Waals surface area contributed by atoms with Crippen LogP contribution in [0.2, 0.25) is 0 Å². The molecule has 1 aliphatic heterocycles. The van der Waals surface area contributed by atoms with Crippen LogP contribution in [-0.2, 0) is 9.59 Å². The van der Waals surface area contributed by atoms with Crippen LogP contribution in [-0.4, -0.2) is 44.8 Å². The number of nitrogens with zero attached hydrogens (tertiary/aromatic N) is 1. The third-order valence-electron chi connectivity index (χ3n) is 5.76. The molecule has 37 heavy (non-hydrogen) atoms. The molecule has 3 aromatic rings. The molecule has 0 fully saturated rings. The molecule has 3 aromatic carbocycles. The van der Waals surface area contributed by atoms with E-state index in [9.17, 15) is 9.59 Å². The molecule has 2 amide bonds. The Kier molecular flexibility index (Phi) is 8.86. The summed E-state index contributed by atoms with van der Waals surface area (Å²) in [7, 11) is 0. The second kappa shape index (κ2) is 12.7. The molecule has 4 rings (SSSR count). The fourth-order valence-corrected chi connectivity index (χ4v) is 3.87. The third-order valence-corrected chi connectivity index (χ3v) is 5.76. The lowest BCUT2D eigenvalue weighted by Crippen LogP contribution is -2.39. The number of hydrogen-bond acceptors (Lipinski definition) is 6. The van der Waals surface area contributed by atoms with Gasteiger partial charge in [-0.05, 0) is 81.3 Å². The molecule has 1 aliphatic rings. The van der Waals surface area contributed by atoms with E-state index in [4.69, 9.17) is 18.9 Å². The Bertz CT molecular complexity index is 1190. The van der Waals surface area contributed by atoms with E-state index in [-0.39, 0.29) is 25.0 Å². The maximum Gasteiger partial charge on any atom is 0.265 e. The van der Waals surface area contributed by atoms with E-state index in [0.717, 1.165) is 24.3 Å². The van der Waals surface area contributed by atoms with E-state index in [1.54, 1.807) is 47.4 Å². The van der Waals surface area contributed by atoms with Gasteiger partial charge in [0.2, 0.25) is 0 Å². The first kappa shape index (κ1) is 25.9. The second-order valence-corrected chi connectivity index (χ2v) is 8.63. The van der Waals surface area contributed by atoms with Crippen LogP contribution >= 0.6 is 0 Å². The van der Waals surface area contributed by atoms with Crippen LogP contribution < -0.4 is 29.2 Å². The van der Waals surface area contributed by atoms with Crippen LogP contribution in [0.15, 0.2) is 66.7 Å². The molecule has 0 saturated heterocycles. The minimum atomic E-state index is -0.309. The number of carbonyl (C=O) groups excluding carboxylic acids is 2. The van der Waals surface area contributed by atoms with E-state index in [1.807, 2.05) is 38.1 Å². The van der Waals surface area contributed by atoms with Crippen molar-refractivity contribution in [2.24, 2.45) is 0 Å². The molecule has 1 heterocycles. The summed E-state index contributed by atoms with van der Waals surface area (Å²) in [6, 6.07) is 20.3. The molecule has 8 heteroatoms. The first-order valence-corrected chi connectivity index (χ1v) is 12.4. The Morgan fingerprint density at radius 2 is 1.59 bits per heavy atom. The fraction of sp³-hybridized carbons (Fsp3) is 0.310. The Morgan fingerprint density at radius 1 is 0.919 bits per heavy atom. The summed E-state index contributed by atoms with van der Waals surface area (Å²) in [5, 5.41) is 2.83. The molecule has 0 saturated carbocycles. The summed E-state index contributed by atoms with van der Waals surface area (Å²) >= 11 is 0. The van der Waals surface area contributed by atoms with Gasteiger partial charge in [-0.3, -0.25) is 9.59 Å². The van der Waals surface area contributed by atoms with Gasteiger partial charge < -0.3 is 29.2 Å². The number of carbonyl (C=O) groups is 2. The predicted octanol–water partition coefficient (Wildman–Crippen LogP) is 5.00. The van der Waals surface area contributed by atoms with Gasteiger partial charge in [-0.25, -0.2) is 0 Å². The summed E-state index contributed by atoms with van der Waals surface area (Å²) in [5.74, 6) is 2.34. The van der Waals surface area contributed by atoms with Gasteiger partial charge in [-0.2, -0.15) is 0 Å². The Balaban J connectivity index is 1.28. The minimum absolute atomic E-state index is 0.00546. The van der Waals surface area contributed by atoms with Gasteiger partial charge in [-0.15, -0.1) is 0 Å².